The van der Waals surface area contributed by atoms with E-state index < -0.39 is 5.97 Å². The molecule has 0 N–H and O–H groups in total. The first-order chi connectivity index (χ1) is 7.20. The summed E-state index contributed by atoms with van der Waals surface area (Å²) in [5, 5.41) is 0. The molecule has 3 nitrogen and oxygen atoms in total. The van der Waals surface area contributed by atoms with Crippen molar-refractivity contribution >= 4 is 11.5 Å². The van der Waals surface area contributed by atoms with Crippen molar-refractivity contribution in [2.24, 2.45) is 0 Å². The van der Waals surface area contributed by atoms with Crippen LogP contribution in [0.3, 0.4) is 0 Å². The van der Waals surface area contributed by atoms with Gasteiger partial charge in [0.2, 0.25) is 0 Å². The lowest BCUT2D eigenvalue weighted by molar-refractivity contribution is -0.134. The molecule has 1 heterocycles. The summed E-state index contributed by atoms with van der Waals surface area (Å²) in [5.74, 6) is -0.247. The van der Waals surface area contributed by atoms with E-state index in [0.717, 1.165) is 0 Å². The van der Waals surface area contributed by atoms with E-state index in [9.17, 15) is 9.18 Å². The normalized spacial score (nSPS) is 14.8. The fourth-order valence-corrected chi connectivity index (χ4v) is 1.46. The molecule has 1 aromatic rings. The van der Waals surface area contributed by atoms with Gasteiger partial charge in [-0.15, -0.1) is 0 Å². The van der Waals surface area contributed by atoms with Crippen LogP contribution in [0.1, 0.15) is 5.56 Å². The van der Waals surface area contributed by atoms with Gasteiger partial charge in [0.25, 0.3) is 0 Å². The predicted octanol–water partition coefficient (Wildman–Crippen LogP) is 1.77. The van der Waals surface area contributed by atoms with Crippen LogP contribution in [-0.2, 0) is 9.53 Å². The maximum Gasteiger partial charge on any atom is 0.331 e. The van der Waals surface area contributed by atoms with Gasteiger partial charge in [-0.25, -0.2) is 9.18 Å². The molecule has 4 heteroatoms. The Hall–Kier alpha value is -1.84. The van der Waals surface area contributed by atoms with Crippen LogP contribution in [0.2, 0.25) is 0 Å². The number of halogens is 1. The van der Waals surface area contributed by atoms with Crippen LogP contribution >= 0.6 is 0 Å². The van der Waals surface area contributed by atoms with Gasteiger partial charge in [-0.1, -0.05) is 0 Å². The number of hydrogen-bond acceptors (Lipinski definition) is 3. The number of rotatable bonds is 2. The highest BCUT2D eigenvalue weighted by atomic mass is 19.1. The lowest BCUT2D eigenvalue weighted by atomic mass is 10.1. The van der Waals surface area contributed by atoms with Crippen molar-refractivity contribution in [2.75, 3.05) is 13.7 Å². The number of methoxy groups -OCH3 is 1. The van der Waals surface area contributed by atoms with Crippen molar-refractivity contribution in [1.82, 2.24) is 0 Å². The van der Waals surface area contributed by atoms with Gasteiger partial charge < -0.3 is 9.47 Å². The summed E-state index contributed by atoms with van der Waals surface area (Å²) < 4.78 is 22.8. The number of hydrogen-bond donors (Lipinski definition) is 0. The van der Waals surface area contributed by atoms with Gasteiger partial charge in [-0.3, -0.25) is 0 Å². The molecule has 0 aliphatic carbocycles. The molecular formula is C11H9FO3. The van der Waals surface area contributed by atoms with E-state index in [1.54, 1.807) is 0 Å². The standard InChI is InChI=1S/C11H9FO3/c1-14-10-3-2-8(12)5-9(10)7-4-11(13)15-6-7/h2-5H,6H2,1H3. The highest BCUT2D eigenvalue weighted by Crippen LogP contribution is 2.29. The first kappa shape index (κ1) is 9.71. The van der Waals surface area contributed by atoms with E-state index in [1.165, 1.54) is 31.4 Å². The van der Waals surface area contributed by atoms with Gasteiger partial charge in [0.1, 0.15) is 18.2 Å². The molecule has 0 atom stereocenters. The largest absolute Gasteiger partial charge is 0.496 e. The van der Waals surface area contributed by atoms with Crippen LogP contribution in [0, 0.1) is 5.82 Å². The zero-order valence-electron chi connectivity index (χ0n) is 8.12. The zero-order valence-corrected chi connectivity index (χ0v) is 8.12. The van der Waals surface area contributed by atoms with Gasteiger partial charge in [-0.05, 0) is 18.2 Å². The van der Waals surface area contributed by atoms with Crippen molar-refractivity contribution in [3.05, 3.63) is 35.7 Å². The second-order valence-electron chi connectivity index (χ2n) is 3.12. The van der Waals surface area contributed by atoms with Crippen LogP contribution in [-0.4, -0.2) is 19.7 Å². The van der Waals surface area contributed by atoms with E-state index in [1.807, 2.05) is 0 Å². The molecule has 0 fully saturated rings. The van der Waals surface area contributed by atoms with Crippen LogP contribution in [0.5, 0.6) is 5.75 Å². The zero-order chi connectivity index (χ0) is 10.8. The average molecular weight is 208 g/mol. The summed E-state index contributed by atoms with van der Waals surface area (Å²) in [7, 11) is 1.49. The Bertz CT molecular complexity index is 437. The van der Waals surface area contributed by atoms with Crippen molar-refractivity contribution < 1.29 is 18.7 Å². The van der Waals surface area contributed by atoms with Crippen LogP contribution in [0.25, 0.3) is 5.57 Å². The molecular weight excluding hydrogens is 199 g/mol. The Labute approximate surface area is 86.1 Å². The number of esters is 1. The molecule has 0 unspecified atom stereocenters. The predicted molar refractivity (Wildman–Crippen MR) is 51.9 cm³/mol. The van der Waals surface area contributed by atoms with Gasteiger partial charge in [0, 0.05) is 17.2 Å². The summed E-state index contributed by atoms with van der Waals surface area (Å²) in [4.78, 5) is 10.9. The summed E-state index contributed by atoms with van der Waals surface area (Å²) in [6.45, 7) is 0.165. The molecule has 1 aromatic carbocycles. The topological polar surface area (TPSA) is 35.5 Å². The Morgan fingerprint density at radius 3 is 2.87 bits per heavy atom. The number of benzene rings is 1. The third-order valence-corrected chi connectivity index (χ3v) is 2.17. The molecule has 1 aliphatic rings. The van der Waals surface area contributed by atoms with Crippen LogP contribution < -0.4 is 4.74 Å². The van der Waals surface area contributed by atoms with Crippen LogP contribution in [0.4, 0.5) is 4.39 Å². The summed E-state index contributed by atoms with van der Waals surface area (Å²) in [6, 6.07) is 4.15. The third kappa shape index (κ3) is 1.83. The van der Waals surface area contributed by atoms with E-state index in [0.29, 0.717) is 16.9 Å². The molecule has 0 saturated carbocycles. The van der Waals surface area contributed by atoms with Crippen molar-refractivity contribution in [3.63, 3.8) is 0 Å². The number of carbonyl (C=O) groups is 1. The van der Waals surface area contributed by atoms with E-state index in [4.69, 9.17) is 9.47 Å². The molecule has 15 heavy (non-hydrogen) atoms. The van der Waals surface area contributed by atoms with Crippen LogP contribution in [0.15, 0.2) is 24.3 Å². The highest BCUT2D eigenvalue weighted by Gasteiger charge is 2.18. The highest BCUT2D eigenvalue weighted by molar-refractivity contribution is 5.96. The van der Waals surface area contributed by atoms with E-state index >= 15 is 0 Å². The van der Waals surface area contributed by atoms with Gasteiger partial charge in [-0.2, -0.15) is 0 Å². The Kier molecular flexibility index (Phi) is 2.41. The quantitative estimate of drug-likeness (QED) is 0.695. The maximum absolute atomic E-state index is 13.0. The van der Waals surface area contributed by atoms with Gasteiger partial charge >= 0.3 is 5.97 Å². The van der Waals surface area contributed by atoms with Crippen molar-refractivity contribution in [3.8, 4) is 5.75 Å². The smallest absolute Gasteiger partial charge is 0.331 e. The summed E-state index contributed by atoms with van der Waals surface area (Å²) in [6.07, 6.45) is 1.34. The van der Waals surface area contributed by atoms with Gasteiger partial charge in [0.15, 0.2) is 0 Å². The number of carbonyl (C=O) groups excluding carboxylic acids is 1. The van der Waals surface area contributed by atoms with E-state index in [-0.39, 0.29) is 12.4 Å². The SMILES string of the molecule is COc1ccc(F)cc1C1=CC(=O)OC1. The molecule has 0 amide bonds. The average Bonchev–Trinajstić information content (AvgIpc) is 2.65. The molecule has 2 rings (SSSR count). The Morgan fingerprint density at radius 2 is 2.27 bits per heavy atom. The Morgan fingerprint density at radius 1 is 1.47 bits per heavy atom. The minimum Gasteiger partial charge on any atom is -0.496 e. The molecule has 0 saturated heterocycles. The first-order valence-electron chi connectivity index (χ1n) is 4.42. The number of cyclic esters (lactones) is 1. The fourth-order valence-electron chi connectivity index (χ4n) is 1.46. The molecule has 78 valence electrons. The first-order valence-corrected chi connectivity index (χ1v) is 4.42. The minimum atomic E-state index is -0.406. The van der Waals surface area contributed by atoms with Gasteiger partial charge in [0.05, 0.1) is 7.11 Å². The third-order valence-electron chi connectivity index (χ3n) is 2.17. The Balaban J connectivity index is 2.46. The lowest BCUT2D eigenvalue weighted by Crippen LogP contribution is -1.95. The van der Waals surface area contributed by atoms with Crippen molar-refractivity contribution in [1.29, 1.82) is 0 Å². The minimum absolute atomic E-state index is 0.165. The lowest BCUT2D eigenvalue weighted by Gasteiger charge is -2.07. The molecule has 1 aliphatic heterocycles. The monoisotopic (exact) mass is 208 g/mol. The second-order valence-corrected chi connectivity index (χ2v) is 3.12. The summed E-state index contributed by atoms with van der Waals surface area (Å²) in [5.41, 5.74) is 1.19. The number of ether oxygens (including phenoxy) is 2. The van der Waals surface area contributed by atoms with E-state index in [2.05, 4.69) is 0 Å². The fraction of sp³-hybridized carbons (Fsp3) is 0.182. The molecule has 0 spiro atoms. The van der Waals surface area contributed by atoms with Crippen molar-refractivity contribution in [2.45, 2.75) is 0 Å². The molecule has 0 radical (unpaired) electrons. The second kappa shape index (κ2) is 3.73. The summed E-state index contributed by atoms with van der Waals surface area (Å²) >= 11 is 0. The molecule has 0 bridgehead atoms. The maximum atomic E-state index is 13.0. The molecule has 0 aromatic heterocycles.